The third-order valence-electron chi connectivity index (χ3n) is 6.49. The summed E-state index contributed by atoms with van der Waals surface area (Å²) in [6, 6.07) is 0.367. The molecule has 5 nitrogen and oxygen atoms in total. The van der Waals surface area contributed by atoms with E-state index in [0.29, 0.717) is 6.04 Å². The summed E-state index contributed by atoms with van der Waals surface area (Å²) < 4.78 is 1.94. The van der Waals surface area contributed by atoms with Gasteiger partial charge in [-0.25, -0.2) is 0 Å². The molecule has 0 bridgehead atoms. The molecule has 1 aliphatic heterocycles. The highest BCUT2D eigenvalue weighted by molar-refractivity contribution is 5.80. The molecule has 0 N–H and O–H groups in total. The Morgan fingerprint density at radius 3 is 2.72 bits per heavy atom. The predicted molar refractivity (Wildman–Crippen MR) is 122 cm³/mol. The Morgan fingerprint density at radius 2 is 2.07 bits per heavy atom. The van der Waals surface area contributed by atoms with Gasteiger partial charge in [0.25, 0.3) is 0 Å². The van der Waals surface area contributed by atoms with Gasteiger partial charge in [-0.3, -0.25) is 14.6 Å². The van der Waals surface area contributed by atoms with E-state index in [2.05, 4.69) is 62.0 Å². The van der Waals surface area contributed by atoms with Crippen LogP contribution in [0.15, 0.2) is 28.7 Å². The largest absolute Gasteiger partial charge is 0.301 e. The summed E-state index contributed by atoms with van der Waals surface area (Å²) in [7, 11) is 4.31. The highest BCUT2D eigenvalue weighted by Crippen LogP contribution is 2.32. The molecule has 0 saturated carbocycles. The topological polar surface area (TPSA) is 36.7 Å². The maximum atomic E-state index is 4.91. The molecular weight excluding hydrogens is 358 g/mol. The number of hydrogen-bond acceptors (Lipinski definition) is 4. The van der Waals surface area contributed by atoms with Crippen LogP contribution in [0, 0.1) is 11.8 Å². The number of aliphatic imine (C=N–C) groups is 1. The van der Waals surface area contributed by atoms with Crippen LogP contribution in [0.25, 0.3) is 0 Å². The molecule has 3 atom stereocenters. The fraction of sp³-hybridized carbons (Fsp3) is 0.750. The first kappa shape index (κ1) is 22.2. The monoisotopic (exact) mass is 399 g/mol. The predicted octanol–water partition coefficient (Wildman–Crippen LogP) is 4.68. The van der Waals surface area contributed by atoms with E-state index in [4.69, 9.17) is 4.99 Å². The van der Waals surface area contributed by atoms with Gasteiger partial charge in [-0.2, -0.15) is 5.10 Å². The van der Waals surface area contributed by atoms with Gasteiger partial charge in [-0.15, -0.1) is 0 Å². The number of hydrogen-bond donors (Lipinski definition) is 0. The lowest BCUT2D eigenvalue weighted by Gasteiger charge is -2.37. The van der Waals surface area contributed by atoms with Gasteiger partial charge >= 0.3 is 0 Å². The number of likely N-dealkylation sites (N-methyl/N-ethyl adjacent to an activating group) is 1. The Kier molecular flexibility index (Phi) is 7.69. The zero-order valence-electron chi connectivity index (χ0n) is 19.5. The van der Waals surface area contributed by atoms with Crippen molar-refractivity contribution in [2.45, 2.75) is 65.8 Å². The third kappa shape index (κ3) is 6.26. The van der Waals surface area contributed by atoms with Crippen molar-refractivity contribution in [1.29, 1.82) is 0 Å². The number of likely N-dealkylation sites (tertiary alicyclic amines) is 1. The minimum Gasteiger partial charge on any atom is -0.301 e. The molecule has 29 heavy (non-hydrogen) atoms. The SMILES string of the molecule is CC(C)=NC1=C(CN(C)[C@@H](CN2CCC[C@H](C)C2)c2cnn(C)c2)CC(C)CC1. The van der Waals surface area contributed by atoms with Crippen molar-refractivity contribution in [3.8, 4) is 0 Å². The molecule has 1 saturated heterocycles. The van der Waals surface area contributed by atoms with Gasteiger partial charge in [0.1, 0.15) is 0 Å². The Morgan fingerprint density at radius 1 is 1.28 bits per heavy atom. The van der Waals surface area contributed by atoms with Crippen LogP contribution >= 0.6 is 0 Å². The van der Waals surface area contributed by atoms with Gasteiger partial charge in [0.05, 0.1) is 12.2 Å². The molecule has 1 aliphatic carbocycles. The molecule has 0 aromatic carbocycles. The maximum Gasteiger partial charge on any atom is 0.0538 e. The summed E-state index contributed by atoms with van der Waals surface area (Å²) in [6.07, 6.45) is 10.5. The minimum absolute atomic E-state index is 0.367. The standard InChI is InChI=1S/C24H41N5/c1-18(2)26-23-10-9-19(3)12-21(23)15-27(5)24(22-13-25-28(6)16-22)17-29-11-7-8-20(4)14-29/h13,16,19-20,24H,7-12,14-15,17H2,1-6H3/t19?,20-,24-/m0/s1. The fourth-order valence-electron chi connectivity index (χ4n) is 4.98. The summed E-state index contributed by atoms with van der Waals surface area (Å²) in [5.41, 5.74) is 5.37. The average Bonchev–Trinajstić information content (AvgIpc) is 3.07. The van der Waals surface area contributed by atoms with Crippen LogP contribution in [0.5, 0.6) is 0 Å². The van der Waals surface area contributed by atoms with Gasteiger partial charge in [-0.1, -0.05) is 13.8 Å². The first-order valence-electron chi connectivity index (χ1n) is 11.5. The van der Waals surface area contributed by atoms with Crippen molar-refractivity contribution >= 4 is 5.71 Å². The van der Waals surface area contributed by atoms with Crippen molar-refractivity contribution in [3.05, 3.63) is 29.2 Å². The van der Waals surface area contributed by atoms with E-state index in [1.807, 2.05) is 11.7 Å². The first-order valence-corrected chi connectivity index (χ1v) is 11.5. The van der Waals surface area contributed by atoms with E-state index in [0.717, 1.165) is 31.3 Å². The Balaban J connectivity index is 1.80. The Bertz CT molecular complexity index is 727. The number of nitrogens with zero attached hydrogens (tertiary/aromatic N) is 5. The smallest absolute Gasteiger partial charge is 0.0538 e. The molecule has 1 fully saturated rings. The quantitative estimate of drug-likeness (QED) is 0.625. The van der Waals surface area contributed by atoms with E-state index in [-0.39, 0.29) is 0 Å². The van der Waals surface area contributed by atoms with Crippen LogP contribution in [0.4, 0.5) is 0 Å². The zero-order chi connectivity index (χ0) is 21.0. The van der Waals surface area contributed by atoms with Crippen LogP contribution in [0.1, 0.15) is 71.4 Å². The van der Waals surface area contributed by atoms with E-state index in [9.17, 15) is 0 Å². The summed E-state index contributed by atoms with van der Waals surface area (Å²) >= 11 is 0. The first-order chi connectivity index (χ1) is 13.8. The highest BCUT2D eigenvalue weighted by atomic mass is 15.3. The molecule has 0 amide bonds. The van der Waals surface area contributed by atoms with Crippen molar-refractivity contribution < 1.29 is 0 Å². The zero-order valence-corrected chi connectivity index (χ0v) is 19.5. The number of aromatic nitrogens is 2. The number of allylic oxidation sites excluding steroid dienone is 1. The molecule has 0 radical (unpaired) electrons. The van der Waals surface area contributed by atoms with Gasteiger partial charge in [0.15, 0.2) is 0 Å². The molecule has 3 rings (SSSR count). The lowest BCUT2D eigenvalue weighted by Crippen LogP contribution is -2.41. The third-order valence-corrected chi connectivity index (χ3v) is 6.49. The number of aryl methyl sites for hydroxylation is 1. The molecule has 2 aliphatic rings. The van der Waals surface area contributed by atoms with E-state index in [1.54, 1.807) is 0 Å². The van der Waals surface area contributed by atoms with Gasteiger partial charge in [0.2, 0.25) is 0 Å². The fourth-order valence-corrected chi connectivity index (χ4v) is 4.98. The van der Waals surface area contributed by atoms with Gasteiger partial charge in [-0.05, 0) is 77.0 Å². The summed E-state index contributed by atoms with van der Waals surface area (Å²) in [5, 5.41) is 4.48. The molecule has 5 heteroatoms. The second-order valence-electron chi connectivity index (χ2n) is 9.84. The van der Waals surface area contributed by atoms with Crippen molar-refractivity contribution in [3.63, 3.8) is 0 Å². The van der Waals surface area contributed by atoms with Crippen molar-refractivity contribution in [2.24, 2.45) is 23.9 Å². The van der Waals surface area contributed by atoms with Crippen molar-refractivity contribution in [1.82, 2.24) is 19.6 Å². The molecule has 0 spiro atoms. The summed E-state index contributed by atoms with van der Waals surface area (Å²) in [5.74, 6) is 1.56. The summed E-state index contributed by atoms with van der Waals surface area (Å²) in [4.78, 5) is 10.1. The lowest BCUT2D eigenvalue weighted by molar-refractivity contribution is 0.127. The van der Waals surface area contributed by atoms with E-state index < -0.39 is 0 Å². The molecule has 2 heterocycles. The van der Waals surface area contributed by atoms with E-state index >= 15 is 0 Å². The molecular formula is C24H41N5. The number of rotatable bonds is 7. The molecule has 1 aromatic rings. The van der Waals surface area contributed by atoms with Crippen molar-refractivity contribution in [2.75, 3.05) is 33.2 Å². The Labute approximate surface area is 177 Å². The van der Waals surface area contributed by atoms with Crippen LogP contribution in [-0.2, 0) is 7.05 Å². The minimum atomic E-state index is 0.367. The normalized spacial score (nSPS) is 24.8. The van der Waals surface area contributed by atoms with E-state index in [1.165, 1.54) is 61.3 Å². The highest BCUT2D eigenvalue weighted by Gasteiger charge is 2.27. The average molecular weight is 400 g/mol. The maximum absolute atomic E-state index is 4.91. The molecule has 1 aromatic heterocycles. The summed E-state index contributed by atoms with van der Waals surface area (Å²) in [6.45, 7) is 13.5. The van der Waals surface area contributed by atoms with Crippen LogP contribution in [0.3, 0.4) is 0 Å². The van der Waals surface area contributed by atoms with Crippen LogP contribution in [-0.4, -0.2) is 58.5 Å². The second-order valence-corrected chi connectivity index (χ2v) is 9.84. The van der Waals surface area contributed by atoms with Gasteiger partial charge in [0, 0.05) is 49.9 Å². The van der Waals surface area contributed by atoms with Crippen LogP contribution < -0.4 is 0 Å². The van der Waals surface area contributed by atoms with Gasteiger partial charge < -0.3 is 4.90 Å². The second kappa shape index (κ2) is 10.0. The number of piperidine rings is 1. The lowest BCUT2D eigenvalue weighted by atomic mass is 9.87. The molecule has 162 valence electrons. The molecule has 1 unspecified atom stereocenters. The van der Waals surface area contributed by atoms with Crippen LogP contribution in [0.2, 0.25) is 0 Å². The Hall–Kier alpha value is -1.46.